The molecule has 71 heavy (non-hydrogen) atoms. The average molecular weight is 943 g/mol. The van der Waals surface area contributed by atoms with Gasteiger partial charge in [-0.1, -0.05) is 177 Å². The number of hydrogen-bond acceptors (Lipinski definition) is 7. The van der Waals surface area contributed by atoms with Gasteiger partial charge in [0.25, 0.3) is 0 Å². The van der Waals surface area contributed by atoms with Crippen LogP contribution in [-0.2, 0) is 12.8 Å². The monoisotopic (exact) mass is 942 g/mol. The highest BCUT2D eigenvalue weighted by molar-refractivity contribution is 8.04. The minimum Gasteiger partial charge on any atom is -0.344 e. The first-order chi connectivity index (χ1) is 35.1. The first-order valence-corrected chi connectivity index (χ1v) is 26.5. The molecule has 1 saturated heterocycles. The smallest absolute Gasteiger partial charge is 0.164 e. The number of benzene rings is 6. The summed E-state index contributed by atoms with van der Waals surface area (Å²) in [5.74, 6) is 4.44. The van der Waals surface area contributed by atoms with Gasteiger partial charge in [0, 0.05) is 43.9 Å². The van der Waals surface area contributed by atoms with Gasteiger partial charge >= 0.3 is 0 Å². The average Bonchev–Trinajstić information content (AvgIpc) is 3.66. The molecule has 12 rings (SSSR count). The Morgan fingerprint density at radius 2 is 1.41 bits per heavy atom. The number of rotatable bonds is 10. The summed E-state index contributed by atoms with van der Waals surface area (Å²) in [5.41, 5.74) is 13.1. The largest absolute Gasteiger partial charge is 0.344 e. The van der Waals surface area contributed by atoms with Crippen molar-refractivity contribution in [2.24, 2.45) is 21.8 Å². The Morgan fingerprint density at radius 1 is 0.676 bits per heavy atom. The van der Waals surface area contributed by atoms with Gasteiger partial charge in [0.1, 0.15) is 12.0 Å². The van der Waals surface area contributed by atoms with Crippen LogP contribution in [0.2, 0.25) is 0 Å². The van der Waals surface area contributed by atoms with Crippen LogP contribution in [0.1, 0.15) is 103 Å². The summed E-state index contributed by atoms with van der Waals surface area (Å²) in [6.45, 7) is 6.67. The van der Waals surface area contributed by atoms with E-state index >= 15 is 0 Å². The van der Waals surface area contributed by atoms with Crippen molar-refractivity contribution in [3.8, 4) is 22.8 Å². The van der Waals surface area contributed by atoms with E-state index in [-0.39, 0.29) is 18.0 Å². The van der Waals surface area contributed by atoms with E-state index in [0.717, 1.165) is 87.9 Å². The zero-order chi connectivity index (χ0) is 47.7. The van der Waals surface area contributed by atoms with Gasteiger partial charge < -0.3 is 5.32 Å². The van der Waals surface area contributed by atoms with Gasteiger partial charge in [0.05, 0.1) is 0 Å². The molecule has 1 N–H and O–H groups in total. The molecular weight excluding hydrogens is 885 g/mol. The summed E-state index contributed by atoms with van der Waals surface area (Å²) in [7, 11) is 0. The summed E-state index contributed by atoms with van der Waals surface area (Å²) in [6, 6.07) is 51.8. The van der Waals surface area contributed by atoms with Crippen LogP contribution in [0.25, 0.3) is 39.1 Å². The van der Waals surface area contributed by atoms with Crippen LogP contribution in [0.15, 0.2) is 209 Å². The molecular formula is C64H58N6S. The number of aryl methyl sites for hydroxylation is 2. The quantitative estimate of drug-likeness (QED) is 0.109. The third-order valence-electron chi connectivity index (χ3n) is 15.3. The normalized spacial score (nSPS) is 22.1. The molecule has 0 amide bonds. The van der Waals surface area contributed by atoms with Crippen molar-refractivity contribution in [3.63, 3.8) is 0 Å². The lowest BCUT2D eigenvalue weighted by atomic mass is 9.63. The number of fused-ring (bicyclic) bond motifs is 5. The number of aliphatic imine (C=N–C) groups is 2. The van der Waals surface area contributed by atoms with Gasteiger partial charge in [-0.3, -0.25) is 0 Å². The number of hydrogen-bond donors (Lipinski definition) is 1. The van der Waals surface area contributed by atoms with Crippen molar-refractivity contribution >= 4 is 39.8 Å². The molecule has 7 heteroatoms. The second-order valence-electron chi connectivity index (χ2n) is 19.5. The maximum absolute atomic E-state index is 5.36. The fourth-order valence-corrected chi connectivity index (χ4v) is 13.4. The summed E-state index contributed by atoms with van der Waals surface area (Å²) in [4.78, 5) is 27.7. The predicted octanol–water partition coefficient (Wildman–Crippen LogP) is 15.2. The molecule has 350 valence electrons. The Kier molecular flexibility index (Phi) is 12.6. The van der Waals surface area contributed by atoms with Crippen molar-refractivity contribution < 1.29 is 0 Å². The van der Waals surface area contributed by atoms with E-state index in [9.17, 15) is 0 Å². The molecule has 2 fully saturated rings. The van der Waals surface area contributed by atoms with Crippen LogP contribution in [0.3, 0.4) is 0 Å². The van der Waals surface area contributed by atoms with Crippen LogP contribution >= 0.6 is 11.8 Å². The fourth-order valence-electron chi connectivity index (χ4n) is 11.8. The zero-order valence-electron chi connectivity index (χ0n) is 40.3. The SMILES string of the molecule is C=C/C(=C\C(=C/C)C1C(c2ccc(C3N=C(c4ccccc4)N=C(c4ccccc4)N3)cc2)CCC2SC3=CCCC=C3C21)c1nc(-c2ccc3c(c2)CCCCC3)nc(-c2cccc3ccccc23)n1. The van der Waals surface area contributed by atoms with Gasteiger partial charge in [-0.15, -0.1) is 11.8 Å². The Hall–Kier alpha value is -7.22. The number of nitrogens with zero attached hydrogens (tertiary/aromatic N) is 5. The topological polar surface area (TPSA) is 75.4 Å². The molecule has 0 bridgehead atoms. The molecule has 7 aromatic rings. The molecule has 2 aliphatic heterocycles. The summed E-state index contributed by atoms with van der Waals surface area (Å²) < 4.78 is 0. The lowest BCUT2D eigenvalue weighted by Crippen LogP contribution is -2.35. The number of aromatic nitrogens is 3. The molecule has 6 aromatic carbocycles. The van der Waals surface area contributed by atoms with Crippen LogP contribution in [0.4, 0.5) is 0 Å². The van der Waals surface area contributed by atoms with Crippen LogP contribution in [-0.4, -0.2) is 31.9 Å². The summed E-state index contributed by atoms with van der Waals surface area (Å²) >= 11 is 2.11. The van der Waals surface area contributed by atoms with Gasteiger partial charge in [0.15, 0.2) is 23.3 Å². The van der Waals surface area contributed by atoms with E-state index < -0.39 is 0 Å². The van der Waals surface area contributed by atoms with Gasteiger partial charge in [-0.25, -0.2) is 24.9 Å². The Labute approximate surface area is 422 Å². The van der Waals surface area contributed by atoms with E-state index in [1.165, 1.54) is 58.4 Å². The van der Waals surface area contributed by atoms with Gasteiger partial charge in [0.2, 0.25) is 0 Å². The molecule has 5 unspecified atom stereocenters. The van der Waals surface area contributed by atoms with Crippen molar-refractivity contribution in [2.75, 3.05) is 0 Å². The van der Waals surface area contributed by atoms with E-state index in [1.807, 2.05) is 30.3 Å². The number of allylic oxidation sites excluding steroid dienone is 8. The lowest BCUT2D eigenvalue weighted by Gasteiger charge is -2.41. The Balaban J connectivity index is 0.939. The van der Waals surface area contributed by atoms with E-state index in [1.54, 1.807) is 0 Å². The van der Waals surface area contributed by atoms with Gasteiger partial charge in [-0.2, -0.15) is 0 Å². The van der Waals surface area contributed by atoms with Crippen molar-refractivity contribution in [1.82, 2.24) is 20.3 Å². The van der Waals surface area contributed by atoms with E-state index in [2.05, 4.69) is 176 Å². The van der Waals surface area contributed by atoms with Gasteiger partial charge in [-0.05, 0) is 126 Å². The Bertz CT molecular complexity index is 3340. The predicted molar refractivity (Wildman–Crippen MR) is 295 cm³/mol. The molecule has 0 radical (unpaired) electrons. The Morgan fingerprint density at radius 3 is 2.23 bits per heavy atom. The van der Waals surface area contributed by atoms with Crippen molar-refractivity contribution in [3.05, 3.63) is 238 Å². The van der Waals surface area contributed by atoms with Crippen LogP contribution in [0, 0.1) is 11.8 Å². The maximum Gasteiger partial charge on any atom is 0.164 e. The highest BCUT2D eigenvalue weighted by atomic mass is 32.2. The molecule has 1 saturated carbocycles. The molecule has 0 spiro atoms. The van der Waals surface area contributed by atoms with Crippen LogP contribution < -0.4 is 5.32 Å². The second kappa shape index (κ2) is 19.9. The standard InChI is InChI=1S/C64H58N6S/c1-3-41(39-42(4-2)59-65-63(50-36-31-43-19-8-5-13-25-49(43)40-50)70-64(69-59)53-29-18-26-44-20-14-15-27-51(44)53)57-52(37-38-56-58(57)54-28-16-17-30-55(54)71-56)45-32-34-48(35-33-45)62-67-60(46-21-9-6-10-22-46)66-61(68-62)47-23-11-7-12-24-47/h3-4,6-7,9-12,14-15,18,20-24,26-36,39-40,52,56-58,62H,2,5,8,13,16-17,19,25,37-38H2,1H3,(H,66,67,68)/b41-3+,42-39+. The minimum atomic E-state index is -0.288. The fraction of sp³-hybridized carbons (Fsp3) is 0.234. The third kappa shape index (κ3) is 8.97. The molecule has 6 nitrogen and oxygen atoms in total. The lowest BCUT2D eigenvalue weighted by molar-refractivity contribution is 0.288. The van der Waals surface area contributed by atoms with E-state index in [0.29, 0.717) is 28.6 Å². The highest BCUT2D eigenvalue weighted by Crippen LogP contribution is 2.60. The van der Waals surface area contributed by atoms with E-state index in [4.69, 9.17) is 24.9 Å². The molecule has 5 aliphatic rings. The maximum atomic E-state index is 5.36. The molecule has 3 aliphatic carbocycles. The first kappa shape index (κ1) is 45.0. The number of nitrogens with one attached hydrogen (secondary N) is 1. The molecule has 1 aromatic heterocycles. The third-order valence-corrected chi connectivity index (χ3v) is 16.8. The molecule has 5 atom stereocenters. The minimum absolute atomic E-state index is 0.220. The summed E-state index contributed by atoms with van der Waals surface area (Å²) in [5, 5.41) is 6.48. The van der Waals surface area contributed by atoms with Crippen molar-refractivity contribution in [1.29, 1.82) is 0 Å². The highest BCUT2D eigenvalue weighted by Gasteiger charge is 2.48. The molecule has 3 heterocycles. The number of thioether (sulfide) groups is 1. The zero-order valence-corrected chi connectivity index (χ0v) is 41.2. The number of amidine groups is 2. The van der Waals surface area contributed by atoms with Crippen molar-refractivity contribution in [2.45, 2.75) is 82.0 Å². The first-order valence-electron chi connectivity index (χ1n) is 25.7. The summed E-state index contributed by atoms with van der Waals surface area (Å²) in [6.07, 6.45) is 21.8. The second-order valence-corrected chi connectivity index (χ2v) is 20.8. The van der Waals surface area contributed by atoms with Crippen LogP contribution in [0.5, 0.6) is 0 Å².